The van der Waals surface area contributed by atoms with Gasteiger partial charge in [0.25, 0.3) is 0 Å². The van der Waals surface area contributed by atoms with Gasteiger partial charge in [0.1, 0.15) is 0 Å². The van der Waals surface area contributed by atoms with Gasteiger partial charge in [0.15, 0.2) is 6.71 Å². The van der Waals surface area contributed by atoms with E-state index in [0.717, 1.165) is 6.71 Å². The lowest BCUT2D eigenvalue weighted by molar-refractivity contribution is 0.960. The lowest BCUT2D eigenvalue weighted by Crippen LogP contribution is -1.91. The molecule has 46 valence electrons. The zero-order valence-electron chi connectivity index (χ0n) is 6.15. The second-order valence-electron chi connectivity index (χ2n) is 2.46. The lowest BCUT2D eigenvalue weighted by Gasteiger charge is -1.86. The van der Waals surface area contributed by atoms with E-state index >= 15 is 0 Å². The molecule has 0 aromatic heterocycles. The van der Waals surface area contributed by atoms with Crippen LogP contribution in [0.1, 0.15) is 19.8 Å². The molecule has 0 saturated carbocycles. The summed E-state index contributed by atoms with van der Waals surface area (Å²) < 4.78 is 0. The molecular weight excluding hydrogens is 94.9 g/mol. The topological polar surface area (TPSA) is 0 Å². The Bertz CT molecular complexity index is 64.8. The maximum absolute atomic E-state index is 2.25. The molecule has 0 aliphatic carbocycles. The highest BCUT2D eigenvalue weighted by molar-refractivity contribution is 6.61. The minimum atomic E-state index is 0.724. The second kappa shape index (κ2) is 4.95. The van der Waals surface area contributed by atoms with Crippen molar-refractivity contribution in [2.45, 2.75) is 33.4 Å². The summed E-state index contributed by atoms with van der Waals surface area (Å²) in [6.07, 6.45) is 4.76. The molecule has 0 heterocycles. The fraction of sp³-hybridized carbons (Fsp3) is 0.714. The molecule has 0 atom stereocenters. The van der Waals surface area contributed by atoms with Gasteiger partial charge in [-0.2, -0.15) is 0 Å². The Hall–Kier alpha value is -0.195. The van der Waals surface area contributed by atoms with Gasteiger partial charge in [-0.05, 0) is 6.42 Å². The maximum Gasteiger partial charge on any atom is 0.159 e. The summed E-state index contributed by atoms with van der Waals surface area (Å²) in [6, 6.07) is 0. The summed E-state index contributed by atoms with van der Waals surface area (Å²) in [5.41, 5.74) is 0. The van der Waals surface area contributed by atoms with Crippen molar-refractivity contribution in [2.75, 3.05) is 0 Å². The number of rotatable bonds is 3. The van der Waals surface area contributed by atoms with Crippen LogP contribution in [0.15, 0.2) is 12.1 Å². The van der Waals surface area contributed by atoms with E-state index in [-0.39, 0.29) is 0 Å². The predicted molar refractivity (Wildman–Crippen MR) is 41.5 cm³/mol. The molecule has 0 aromatic carbocycles. The number of unbranched alkanes of at least 4 members (excludes halogenated alkanes) is 1. The first-order valence-electron chi connectivity index (χ1n) is 3.44. The second-order valence-corrected chi connectivity index (χ2v) is 2.46. The van der Waals surface area contributed by atoms with E-state index in [2.05, 4.69) is 32.6 Å². The van der Waals surface area contributed by atoms with Crippen LogP contribution in [-0.4, -0.2) is 6.71 Å². The molecule has 0 unspecified atom stereocenters. The summed E-state index contributed by atoms with van der Waals surface area (Å²) in [7, 11) is 0. The highest BCUT2D eigenvalue weighted by Gasteiger charge is 1.86. The molecule has 0 saturated heterocycles. The van der Waals surface area contributed by atoms with Crippen LogP contribution in [-0.2, 0) is 0 Å². The molecule has 0 aliphatic heterocycles. The first kappa shape index (κ1) is 7.80. The van der Waals surface area contributed by atoms with Crippen LogP contribution in [0.4, 0.5) is 0 Å². The van der Waals surface area contributed by atoms with Crippen LogP contribution in [0.5, 0.6) is 0 Å². The molecule has 0 aromatic rings. The first-order valence-corrected chi connectivity index (χ1v) is 3.44. The molecule has 0 bridgehead atoms. The van der Waals surface area contributed by atoms with Gasteiger partial charge < -0.3 is 0 Å². The highest BCUT2D eigenvalue weighted by Crippen LogP contribution is 1.90. The fourth-order valence-electron chi connectivity index (χ4n) is 0.535. The molecule has 0 fully saturated rings. The van der Waals surface area contributed by atoms with Crippen LogP contribution in [0, 0.1) is 0 Å². The van der Waals surface area contributed by atoms with Gasteiger partial charge in [-0.25, -0.2) is 0 Å². The fourth-order valence-corrected chi connectivity index (χ4v) is 0.535. The molecule has 0 nitrogen and oxygen atoms in total. The minimum absolute atomic E-state index is 0.724. The monoisotopic (exact) mass is 110 g/mol. The summed E-state index contributed by atoms with van der Waals surface area (Å²) in [6.45, 7) is 7.32. The van der Waals surface area contributed by atoms with Crippen molar-refractivity contribution in [3.63, 3.8) is 0 Å². The standard InChI is InChI=1S/C7H15B/c1-4-5-6-7-8(2)3/h6-7H,4-5H2,1-3H3/b7-6+. The third kappa shape index (κ3) is 5.80. The molecule has 0 N–H and O–H groups in total. The summed E-state index contributed by atoms with van der Waals surface area (Å²) in [5.74, 6) is 2.25. The molecule has 0 aliphatic rings. The largest absolute Gasteiger partial charge is 0.159 e. The Labute approximate surface area is 53.1 Å². The zero-order valence-corrected chi connectivity index (χ0v) is 6.15. The van der Waals surface area contributed by atoms with E-state index in [9.17, 15) is 0 Å². The molecule has 8 heavy (non-hydrogen) atoms. The van der Waals surface area contributed by atoms with Crippen molar-refractivity contribution >= 4 is 6.71 Å². The normalized spacial score (nSPS) is 10.4. The van der Waals surface area contributed by atoms with E-state index in [0.29, 0.717) is 0 Å². The number of hydrogen-bond acceptors (Lipinski definition) is 0. The summed E-state index contributed by atoms with van der Waals surface area (Å²) >= 11 is 0. The van der Waals surface area contributed by atoms with Crippen molar-refractivity contribution in [3.05, 3.63) is 12.1 Å². The van der Waals surface area contributed by atoms with Gasteiger partial charge in [-0.15, -0.1) is 5.98 Å². The van der Waals surface area contributed by atoms with E-state index in [1.54, 1.807) is 0 Å². The maximum atomic E-state index is 2.25. The van der Waals surface area contributed by atoms with Crippen LogP contribution in [0.3, 0.4) is 0 Å². The van der Waals surface area contributed by atoms with Crippen molar-refractivity contribution < 1.29 is 0 Å². The smallest absolute Gasteiger partial charge is 0.120 e. The van der Waals surface area contributed by atoms with Crippen LogP contribution >= 0.6 is 0 Å². The third-order valence-electron chi connectivity index (χ3n) is 0.976. The zero-order chi connectivity index (χ0) is 6.41. The Morgan fingerprint density at radius 2 is 2.00 bits per heavy atom. The van der Waals surface area contributed by atoms with Crippen molar-refractivity contribution in [3.8, 4) is 0 Å². The Morgan fingerprint density at radius 3 is 2.38 bits per heavy atom. The minimum Gasteiger partial charge on any atom is -0.120 e. The van der Waals surface area contributed by atoms with Gasteiger partial charge >= 0.3 is 0 Å². The predicted octanol–water partition coefficient (Wildman–Crippen LogP) is 2.64. The molecule has 0 spiro atoms. The van der Waals surface area contributed by atoms with Gasteiger partial charge in [0.05, 0.1) is 0 Å². The average molecular weight is 110 g/mol. The molecular formula is C7H15B. The van der Waals surface area contributed by atoms with Gasteiger partial charge in [0, 0.05) is 0 Å². The van der Waals surface area contributed by atoms with Crippen molar-refractivity contribution in [1.29, 1.82) is 0 Å². The lowest BCUT2D eigenvalue weighted by atomic mass is 9.55. The molecule has 0 rings (SSSR count). The van der Waals surface area contributed by atoms with Gasteiger partial charge in [-0.3, -0.25) is 0 Å². The van der Waals surface area contributed by atoms with Crippen molar-refractivity contribution in [1.82, 2.24) is 0 Å². The SMILES string of the molecule is CCC/C=C/B(C)C. The Morgan fingerprint density at radius 1 is 1.38 bits per heavy atom. The third-order valence-corrected chi connectivity index (χ3v) is 0.976. The molecule has 1 heteroatoms. The van der Waals surface area contributed by atoms with E-state index < -0.39 is 0 Å². The van der Waals surface area contributed by atoms with Crippen LogP contribution in [0.25, 0.3) is 0 Å². The number of allylic oxidation sites excluding steroid dienone is 1. The van der Waals surface area contributed by atoms with Gasteiger partial charge in [-0.1, -0.05) is 33.1 Å². The van der Waals surface area contributed by atoms with E-state index in [1.807, 2.05) is 0 Å². The van der Waals surface area contributed by atoms with E-state index in [4.69, 9.17) is 0 Å². The first-order chi connectivity index (χ1) is 3.77. The van der Waals surface area contributed by atoms with E-state index in [1.165, 1.54) is 12.8 Å². The Balaban J connectivity index is 3.07. The van der Waals surface area contributed by atoms with Gasteiger partial charge in [0.2, 0.25) is 0 Å². The molecule has 0 amide bonds. The van der Waals surface area contributed by atoms with Crippen LogP contribution < -0.4 is 0 Å². The summed E-state index contributed by atoms with van der Waals surface area (Å²) in [4.78, 5) is 0. The summed E-state index contributed by atoms with van der Waals surface area (Å²) in [5, 5.41) is 0. The number of hydrogen-bond donors (Lipinski definition) is 0. The van der Waals surface area contributed by atoms with Crippen LogP contribution in [0.2, 0.25) is 13.6 Å². The van der Waals surface area contributed by atoms with Crippen molar-refractivity contribution in [2.24, 2.45) is 0 Å². The highest BCUT2D eigenvalue weighted by atomic mass is 13.7. The Kier molecular flexibility index (Phi) is 4.83. The quantitative estimate of drug-likeness (QED) is 0.490. The molecule has 0 radical (unpaired) electrons. The average Bonchev–Trinajstić information content (AvgIpc) is 1.66.